The van der Waals surface area contributed by atoms with E-state index in [1.807, 2.05) is 49.4 Å². The minimum absolute atomic E-state index is 0.0432. The van der Waals surface area contributed by atoms with Crippen LogP contribution in [0.2, 0.25) is 0 Å². The normalized spacial score (nSPS) is 11.0. The molecule has 0 aliphatic carbocycles. The van der Waals surface area contributed by atoms with Gasteiger partial charge < -0.3 is 5.32 Å². The van der Waals surface area contributed by atoms with E-state index in [1.165, 1.54) is 4.88 Å². The van der Waals surface area contributed by atoms with Crippen molar-refractivity contribution in [3.05, 3.63) is 99.9 Å². The van der Waals surface area contributed by atoms with Crippen LogP contribution in [0.5, 0.6) is 0 Å². The number of carbonyl (C=O) groups is 1. The van der Waals surface area contributed by atoms with Crippen LogP contribution < -0.4 is 5.32 Å². The van der Waals surface area contributed by atoms with Gasteiger partial charge in [-0.2, -0.15) is 0 Å². The van der Waals surface area contributed by atoms with Gasteiger partial charge in [0.15, 0.2) is 0 Å². The number of benzene rings is 2. The molecule has 0 saturated carbocycles. The molecule has 146 valence electrons. The van der Waals surface area contributed by atoms with Crippen LogP contribution in [0.25, 0.3) is 9.88 Å². The van der Waals surface area contributed by atoms with Gasteiger partial charge in [-0.1, -0.05) is 66.7 Å². The quantitative estimate of drug-likeness (QED) is 0.399. The number of hydrogen-bond acceptors (Lipinski definition) is 4. The van der Waals surface area contributed by atoms with E-state index >= 15 is 0 Å². The van der Waals surface area contributed by atoms with Crippen LogP contribution in [-0.4, -0.2) is 10.9 Å². The first-order valence-corrected chi connectivity index (χ1v) is 11.3. The summed E-state index contributed by atoms with van der Waals surface area (Å²) in [5, 5.41) is 6.18. The third-order valence-electron chi connectivity index (χ3n) is 4.86. The summed E-state index contributed by atoms with van der Waals surface area (Å²) in [6.07, 6.45) is 0.420. The lowest BCUT2D eigenvalue weighted by Gasteiger charge is -2.18. The van der Waals surface area contributed by atoms with E-state index < -0.39 is 0 Å². The van der Waals surface area contributed by atoms with Crippen LogP contribution in [-0.2, 0) is 11.3 Å². The van der Waals surface area contributed by atoms with Gasteiger partial charge in [-0.15, -0.1) is 22.7 Å². The van der Waals surface area contributed by atoms with Crippen LogP contribution in [0.4, 0.5) is 0 Å². The minimum Gasteiger partial charge on any atom is -0.351 e. The van der Waals surface area contributed by atoms with Crippen molar-refractivity contribution in [1.82, 2.24) is 10.3 Å². The summed E-state index contributed by atoms with van der Waals surface area (Å²) in [5.74, 6) is 0.0924. The lowest BCUT2D eigenvalue weighted by atomic mass is 9.88. The third kappa shape index (κ3) is 4.81. The van der Waals surface area contributed by atoms with E-state index in [4.69, 9.17) is 0 Å². The van der Waals surface area contributed by atoms with Crippen molar-refractivity contribution in [2.75, 3.05) is 0 Å². The summed E-state index contributed by atoms with van der Waals surface area (Å²) in [7, 11) is 0. The Morgan fingerprint density at radius 3 is 2.21 bits per heavy atom. The number of aromatic nitrogens is 1. The van der Waals surface area contributed by atoms with Crippen LogP contribution in [0.15, 0.2) is 78.2 Å². The topological polar surface area (TPSA) is 42.0 Å². The van der Waals surface area contributed by atoms with E-state index in [-0.39, 0.29) is 11.8 Å². The Bertz CT molecular complexity index is 1020. The maximum absolute atomic E-state index is 12.8. The van der Waals surface area contributed by atoms with E-state index in [0.29, 0.717) is 13.0 Å². The summed E-state index contributed by atoms with van der Waals surface area (Å²) in [5.41, 5.74) is 3.30. The molecule has 0 aliphatic heterocycles. The molecule has 2 heterocycles. The molecule has 0 atom stereocenters. The summed E-state index contributed by atoms with van der Waals surface area (Å²) < 4.78 is 0. The molecule has 0 spiro atoms. The number of amides is 1. The zero-order chi connectivity index (χ0) is 20.1. The van der Waals surface area contributed by atoms with Crippen LogP contribution >= 0.6 is 22.7 Å². The number of hydrogen-bond donors (Lipinski definition) is 1. The molecule has 29 heavy (non-hydrogen) atoms. The standard InChI is InChI=1S/C24H22N2OS2/c1-17-22(29-24(26-17)21-13-8-14-28-21)16-25-23(27)15-20(18-9-4-2-5-10-18)19-11-6-3-7-12-19/h2-14,20H,15-16H2,1H3,(H,25,27). The molecule has 0 saturated heterocycles. The summed E-state index contributed by atoms with van der Waals surface area (Å²) in [6.45, 7) is 2.52. The number of thiophene rings is 1. The first kappa shape index (κ1) is 19.6. The highest BCUT2D eigenvalue weighted by atomic mass is 32.1. The number of nitrogens with one attached hydrogen (secondary N) is 1. The largest absolute Gasteiger partial charge is 0.351 e. The molecular weight excluding hydrogens is 396 g/mol. The van der Waals surface area contributed by atoms with Gasteiger partial charge in [-0.3, -0.25) is 4.79 Å². The second-order valence-electron chi connectivity index (χ2n) is 6.86. The summed E-state index contributed by atoms with van der Waals surface area (Å²) in [4.78, 5) is 19.7. The summed E-state index contributed by atoms with van der Waals surface area (Å²) >= 11 is 3.34. The molecule has 0 radical (unpaired) electrons. The molecule has 2 aromatic heterocycles. The van der Waals surface area contributed by atoms with Gasteiger partial charge in [0.25, 0.3) is 0 Å². The van der Waals surface area contributed by atoms with Crippen molar-refractivity contribution in [3.63, 3.8) is 0 Å². The number of aryl methyl sites for hydroxylation is 1. The molecule has 0 aliphatic rings. The average Bonchev–Trinajstić information content (AvgIpc) is 3.42. The number of nitrogens with zero attached hydrogens (tertiary/aromatic N) is 1. The van der Waals surface area contributed by atoms with Crippen molar-refractivity contribution >= 4 is 28.6 Å². The molecule has 4 rings (SSSR count). The Hall–Kier alpha value is -2.76. The molecule has 4 aromatic rings. The smallest absolute Gasteiger partial charge is 0.221 e. The number of carbonyl (C=O) groups excluding carboxylic acids is 1. The van der Waals surface area contributed by atoms with Crippen molar-refractivity contribution in [1.29, 1.82) is 0 Å². The van der Waals surface area contributed by atoms with Crippen molar-refractivity contribution < 1.29 is 4.79 Å². The van der Waals surface area contributed by atoms with E-state index in [0.717, 1.165) is 26.7 Å². The van der Waals surface area contributed by atoms with Crippen LogP contribution in [0.1, 0.15) is 34.0 Å². The number of thiazole rings is 1. The van der Waals surface area contributed by atoms with Gasteiger partial charge in [-0.05, 0) is 29.5 Å². The highest BCUT2D eigenvalue weighted by Gasteiger charge is 2.18. The zero-order valence-electron chi connectivity index (χ0n) is 16.2. The molecule has 1 N–H and O–H groups in total. The second-order valence-corrected chi connectivity index (χ2v) is 8.89. The molecule has 2 aromatic carbocycles. The monoisotopic (exact) mass is 418 g/mol. The van der Waals surface area contributed by atoms with Crippen molar-refractivity contribution in [2.45, 2.75) is 25.8 Å². The Kier molecular flexibility index (Phi) is 6.17. The van der Waals surface area contributed by atoms with Gasteiger partial charge in [0, 0.05) is 17.2 Å². The van der Waals surface area contributed by atoms with Crippen LogP contribution in [0.3, 0.4) is 0 Å². The van der Waals surface area contributed by atoms with Gasteiger partial charge in [0.1, 0.15) is 5.01 Å². The SMILES string of the molecule is Cc1nc(-c2cccs2)sc1CNC(=O)CC(c1ccccc1)c1ccccc1. The lowest BCUT2D eigenvalue weighted by Crippen LogP contribution is -2.24. The fourth-order valence-electron chi connectivity index (χ4n) is 3.33. The van der Waals surface area contributed by atoms with Gasteiger partial charge in [-0.25, -0.2) is 4.98 Å². The Morgan fingerprint density at radius 2 is 1.62 bits per heavy atom. The predicted octanol–water partition coefficient (Wildman–Crippen LogP) is 6.02. The molecule has 1 amide bonds. The van der Waals surface area contributed by atoms with E-state index in [9.17, 15) is 4.79 Å². The summed E-state index contributed by atoms with van der Waals surface area (Å²) in [6, 6.07) is 24.6. The Morgan fingerprint density at radius 1 is 0.966 bits per heavy atom. The zero-order valence-corrected chi connectivity index (χ0v) is 17.8. The molecule has 0 bridgehead atoms. The molecule has 5 heteroatoms. The second kappa shape index (κ2) is 9.16. The van der Waals surface area contributed by atoms with Gasteiger partial charge >= 0.3 is 0 Å². The third-order valence-corrected chi connectivity index (χ3v) is 7.06. The van der Waals surface area contributed by atoms with Crippen molar-refractivity contribution in [2.24, 2.45) is 0 Å². The van der Waals surface area contributed by atoms with Gasteiger partial charge in [0.2, 0.25) is 5.91 Å². The van der Waals surface area contributed by atoms with Crippen molar-refractivity contribution in [3.8, 4) is 9.88 Å². The van der Waals surface area contributed by atoms with E-state index in [2.05, 4.69) is 46.0 Å². The lowest BCUT2D eigenvalue weighted by molar-refractivity contribution is -0.121. The number of rotatable bonds is 7. The maximum Gasteiger partial charge on any atom is 0.221 e. The molecule has 0 unspecified atom stereocenters. The van der Waals surface area contributed by atoms with E-state index in [1.54, 1.807) is 22.7 Å². The minimum atomic E-state index is 0.0432. The maximum atomic E-state index is 12.8. The first-order valence-electron chi connectivity index (χ1n) is 9.57. The molecular formula is C24H22N2OS2. The molecule has 0 fully saturated rings. The predicted molar refractivity (Wildman–Crippen MR) is 121 cm³/mol. The fraction of sp³-hybridized carbons (Fsp3) is 0.167. The highest BCUT2D eigenvalue weighted by molar-refractivity contribution is 7.21. The average molecular weight is 419 g/mol. The van der Waals surface area contributed by atoms with Crippen LogP contribution in [0, 0.1) is 6.92 Å². The highest BCUT2D eigenvalue weighted by Crippen LogP contribution is 2.31. The molecule has 3 nitrogen and oxygen atoms in total. The first-order chi connectivity index (χ1) is 14.2. The Balaban J connectivity index is 1.45. The fourth-order valence-corrected chi connectivity index (χ4v) is 5.13. The Labute approximate surface area is 179 Å². The van der Waals surface area contributed by atoms with Gasteiger partial charge in [0.05, 0.1) is 17.1 Å².